The number of methoxy groups -OCH3 is 1. The molecule has 7 nitrogen and oxygen atoms in total. The highest BCUT2D eigenvalue weighted by atomic mass is 19.4. The van der Waals surface area contributed by atoms with E-state index in [0.717, 1.165) is 0 Å². The largest absolute Gasteiger partial charge is 0.497 e. The topological polar surface area (TPSA) is 86.5 Å². The number of hydrazone groups is 2. The number of hydrogen-bond donors (Lipinski definition) is 2. The van der Waals surface area contributed by atoms with Crippen LogP contribution in [0.15, 0.2) is 34.5 Å². The lowest BCUT2D eigenvalue weighted by Gasteiger charge is -2.22. The average Bonchev–Trinajstić information content (AvgIpc) is 2.45. The van der Waals surface area contributed by atoms with Crippen molar-refractivity contribution < 1.29 is 27.8 Å². The zero-order valence-corrected chi connectivity index (χ0v) is 10.5. The van der Waals surface area contributed by atoms with Gasteiger partial charge in [-0.05, 0) is 24.3 Å². The molecular formula is C11H9F3N4O3. The predicted octanol–water partition coefficient (Wildman–Crippen LogP) is 1.82. The van der Waals surface area contributed by atoms with E-state index < -0.39 is 23.7 Å². The first kappa shape index (κ1) is 14.6. The highest BCUT2D eigenvalue weighted by molar-refractivity contribution is 6.50. The van der Waals surface area contributed by atoms with Crippen LogP contribution in [0.1, 0.15) is 5.56 Å². The number of ether oxygens (including phenoxy) is 1. The van der Waals surface area contributed by atoms with Gasteiger partial charge in [-0.1, -0.05) is 5.12 Å². The van der Waals surface area contributed by atoms with Gasteiger partial charge in [0.15, 0.2) is 5.71 Å². The van der Waals surface area contributed by atoms with Crippen LogP contribution in [0.4, 0.5) is 18.0 Å². The molecule has 2 N–H and O–H groups in total. The minimum absolute atomic E-state index is 0.0552. The van der Waals surface area contributed by atoms with E-state index >= 15 is 0 Å². The Bertz CT molecular complexity index is 610. The second kappa shape index (κ2) is 5.31. The number of hydrazine groups is 1. The summed E-state index contributed by atoms with van der Waals surface area (Å²) in [6.07, 6.45) is -6.37. The van der Waals surface area contributed by atoms with Gasteiger partial charge in [0, 0.05) is 5.56 Å². The molecule has 0 radical (unpaired) electrons. The Kier molecular flexibility index (Phi) is 3.70. The first-order chi connectivity index (χ1) is 9.82. The van der Waals surface area contributed by atoms with Crippen LogP contribution in [0.25, 0.3) is 0 Å². The summed E-state index contributed by atoms with van der Waals surface area (Å²) in [7, 11) is 1.41. The van der Waals surface area contributed by atoms with Gasteiger partial charge in [0.05, 0.1) is 7.11 Å². The summed E-state index contributed by atoms with van der Waals surface area (Å²) in [5.41, 5.74) is -0.178. The van der Waals surface area contributed by atoms with Crippen molar-refractivity contribution in [1.29, 1.82) is 0 Å². The number of halogens is 3. The molecule has 0 fully saturated rings. The SMILES string of the molecule is COc1ccc(C2=NN(C(=O)O)NN=C2C(F)(F)F)cc1. The maximum atomic E-state index is 12.9. The summed E-state index contributed by atoms with van der Waals surface area (Å²) < 4.78 is 43.6. The van der Waals surface area contributed by atoms with Gasteiger partial charge in [-0.15, -0.1) is 5.10 Å². The Labute approximate surface area is 116 Å². The molecule has 21 heavy (non-hydrogen) atoms. The fraction of sp³-hybridized carbons (Fsp3) is 0.182. The lowest BCUT2D eigenvalue weighted by Crippen LogP contribution is -2.45. The van der Waals surface area contributed by atoms with Crippen molar-refractivity contribution in [2.24, 2.45) is 10.2 Å². The first-order valence-electron chi connectivity index (χ1n) is 5.50. The van der Waals surface area contributed by atoms with Crippen LogP contribution in [0.2, 0.25) is 0 Å². The molecule has 1 heterocycles. The van der Waals surface area contributed by atoms with Crippen LogP contribution in [-0.4, -0.2) is 41.0 Å². The molecule has 0 atom stereocenters. The Morgan fingerprint density at radius 1 is 1.33 bits per heavy atom. The molecule has 0 saturated heterocycles. The van der Waals surface area contributed by atoms with Crippen molar-refractivity contribution in [3.05, 3.63) is 29.8 Å². The van der Waals surface area contributed by atoms with E-state index in [0.29, 0.717) is 5.75 Å². The number of alkyl halides is 3. The van der Waals surface area contributed by atoms with Crippen molar-refractivity contribution in [2.75, 3.05) is 7.11 Å². The summed E-state index contributed by atoms with van der Waals surface area (Å²) in [5, 5.41) is 15.4. The minimum Gasteiger partial charge on any atom is -0.497 e. The Morgan fingerprint density at radius 2 is 1.95 bits per heavy atom. The lowest BCUT2D eigenvalue weighted by molar-refractivity contribution is -0.0581. The van der Waals surface area contributed by atoms with Crippen molar-refractivity contribution in [3.8, 4) is 5.75 Å². The van der Waals surface area contributed by atoms with E-state index in [9.17, 15) is 18.0 Å². The van der Waals surface area contributed by atoms with Gasteiger partial charge in [0.1, 0.15) is 11.5 Å². The third-order valence-electron chi connectivity index (χ3n) is 2.49. The van der Waals surface area contributed by atoms with Crippen molar-refractivity contribution in [1.82, 2.24) is 10.7 Å². The van der Waals surface area contributed by atoms with Gasteiger partial charge >= 0.3 is 12.3 Å². The molecule has 0 unspecified atom stereocenters. The number of benzene rings is 1. The molecular weight excluding hydrogens is 293 g/mol. The van der Waals surface area contributed by atoms with E-state index in [-0.39, 0.29) is 10.7 Å². The van der Waals surface area contributed by atoms with Gasteiger partial charge in [-0.2, -0.15) is 23.8 Å². The molecule has 1 aliphatic heterocycles. The molecule has 0 aromatic heterocycles. The van der Waals surface area contributed by atoms with Crippen LogP contribution in [0, 0.1) is 0 Å². The molecule has 10 heteroatoms. The lowest BCUT2D eigenvalue weighted by atomic mass is 10.1. The molecule has 1 aromatic carbocycles. The number of carboxylic acid groups (broad SMARTS) is 1. The predicted molar refractivity (Wildman–Crippen MR) is 66.0 cm³/mol. The fourth-order valence-electron chi connectivity index (χ4n) is 1.55. The second-order valence-electron chi connectivity index (χ2n) is 3.83. The van der Waals surface area contributed by atoms with E-state index in [1.54, 1.807) is 5.53 Å². The van der Waals surface area contributed by atoms with Gasteiger partial charge in [-0.25, -0.2) is 4.79 Å². The molecule has 1 amide bonds. The number of amides is 1. The standard InChI is InChI=1S/C11H9F3N4O3/c1-21-7-4-2-6(3-5-7)8-9(11(12,13)14)15-17-18(16-8)10(19)20/h2-5,17H,1H3,(H,19,20). The van der Waals surface area contributed by atoms with E-state index in [1.165, 1.54) is 31.4 Å². The number of rotatable bonds is 2. The third kappa shape index (κ3) is 3.04. The number of nitrogens with one attached hydrogen (secondary N) is 1. The molecule has 0 saturated carbocycles. The van der Waals surface area contributed by atoms with E-state index in [1.807, 2.05) is 0 Å². The number of nitrogens with zero attached hydrogens (tertiary/aromatic N) is 3. The highest BCUT2D eigenvalue weighted by Gasteiger charge is 2.42. The Hall–Kier alpha value is -2.78. The van der Waals surface area contributed by atoms with Crippen LogP contribution >= 0.6 is 0 Å². The van der Waals surface area contributed by atoms with Crippen LogP contribution < -0.4 is 10.3 Å². The summed E-state index contributed by atoms with van der Waals surface area (Å²) >= 11 is 0. The smallest absolute Gasteiger partial charge is 0.449 e. The summed E-state index contributed by atoms with van der Waals surface area (Å²) in [4.78, 5) is 10.8. The molecule has 1 aromatic rings. The number of carbonyl (C=O) groups is 1. The van der Waals surface area contributed by atoms with E-state index in [4.69, 9.17) is 9.84 Å². The fourth-order valence-corrected chi connectivity index (χ4v) is 1.55. The van der Waals surface area contributed by atoms with Crippen molar-refractivity contribution in [2.45, 2.75) is 6.18 Å². The summed E-state index contributed by atoms with van der Waals surface area (Å²) in [6.45, 7) is 0. The van der Waals surface area contributed by atoms with E-state index in [2.05, 4.69) is 10.2 Å². The maximum Gasteiger partial charge on any atom is 0.449 e. The molecule has 0 bridgehead atoms. The third-order valence-corrected chi connectivity index (χ3v) is 2.49. The average molecular weight is 302 g/mol. The zero-order valence-electron chi connectivity index (χ0n) is 10.5. The van der Waals surface area contributed by atoms with Gasteiger partial charge in [0.2, 0.25) is 0 Å². The molecule has 1 aliphatic rings. The monoisotopic (exact) mass is 302 g/mol. The van der Waals surface area contributed by atoms with Crippen LogP contribution in [-0.2, 0) is 0 Å². The minimum atomic E-state index is -4.78. The summed E-state index contributed by atoms with van der Waals surface area (Å²) in [5.74, 6) is 0.439. The number of hydrogen-bond acceptors (Lipinski definition) is 5. The van der Waals surface area contributed by atoms with Crippen molar-refractivity contribution in [3.63, 3.8) is 0 Å². The molecule has 0 spiro atoms. The highest BCUT2D eigenvalue weighted by Crippen LogP contribution is 2.23. The van der Waals surface area contributed by atoms with Crippen molar-refractivity contribution >= 4 is 17.5 Å². The summed E-state index contributed by atoms with van der Waals surface area (Å²) in [6, 6.07) is 5.51. The zero-order chi connectivity index (χ0) is 15.6. The normalized spacial score (nSPS) is 15.0. The van der Waals surface area contributed by atoms with Crippen LogP contribution in [0.5, 0.6) is 5.75 Å². The second-order valence-corrected chi connectivity index (χ2v) is 3.83. The molecule has 2 rings (SSSR count). The van der Waals surface area contributed by atoms with Gasteiger partial charge in [-0.3, -0.25) is 0 Å². The Balaban J connectivity index is 2.46. The van der Waals surface area contributed by atoms with Gasteiger partial charge < -0.3 is 9.84 Å². The van der Waals surface area contributed by atoms with Gasteiger partial charge in [0.25, 0.3) is 0 Å². The van der Waals surface area contributed by atoms with Crippen LogP contribution in [0.3, 0.4) is 0 Å². The first-order valence-corrected chi connectivity index (χ1v) is 5.50. The molecule has 112 valence electrons. The Morgan fingerprint density at radius 3 is 2.43 bits per heavy atom. The molecule has 0 aliphatic carbocycles. The maximum absolute atomic E-state index is 12.9. The quantitative estimate of drug-likeness (QED) is 0.872.